The van der Waals surface area contributed by atoms with Crippen molar-refractivity contribution >= 4 is 11.7 Å². The standard InChI is InChI=1S/C15H27N3O3/c16-13(18-21)15(9-3-1-2-4-10-15)14(20)17-11-5-7-12(19)8-6-11/h11-12,19,21H,1-10H2,(H2,16,18)(H,17,20). The van der Waals surface area contributed by atoms with Gasteiger partial charge in [0.05, 0.1) is 6.10 Å². The van der Waals surface area contributed by atoms with E-state index in [-0.39, 0.29) is 23.9 Å². The largest absolute Gasteiger partial charge is 0.409 e. The fourth-order valence-corrected chi connectivity index (χ4v) is 3.57. The lowest BCUT2D eigenvalue weighted by Gasteiger charge is -2.33. The van der Waals surface area contributed by atoms with Crippen molar-refractivity contribution in [2.45, 2.75) is 76.4 Å². The number of amidine groups is 1. The molecule has 2 fully saturated rings. The molecule has 0 bridgehead atoms. The van der Waals surface area contributed by atoms with Crippen LogP contribution in [0.4, 0.5) is 0 Å². The Balaban J connectivity index is 2.07. The molecule has 6 heteroatoms. The molecule has 1 amide bonds. The zero-order chi connectivity index (χ0) is 15.3. The summed E-state index contributed by atoms with van der Waals surface area (Å²) in [5, 5.41) is 24.8. The zero-order valence-corrected chi connectivity index (χ0v) is 12.6. The molecule has 0 heterocycles. The monoisotopic (exact) mass is 297 g/mol. The van der Waals surface area contributed by atoms with Crippen molar-refractivity contribution in [3.63, 3.8) is 0 Å². The van der Waals surface area contributed by atoms with Crippen molar-refractivity contribution in [3.8, 4) is 0 Å². The maximum atomic E-state index is 12.8. The van der Waals surface area contributed by atoms with E-state index < -0.39 is 5.41 Å². The van der Waals surface area contributed by atoms with Gasteiger partial charge < -0.3 is 21.4 Å². The van der Waals surface area contributed by atoms with Gasteiger partial charge in [-0.25, -0.2) is 0 Å². The van der Waals surface area contributed by atoms with Gasteiger partial charge in [-0.3, -0.25) is 4.79 Å². The molecule has 2 aliphatic rings. The Morgan fingerprint density at radius 3 is 2.19 bits per heavy atom. The van der Waals surface area contributed by atoms with E-state index in [0.29, 0.717) is 12.8 Å². The molecule has 5 N–H and O–H groups in total. The van der Waals surface area contributed by atoms with E-state index in [1.807, 2.05) is 0 Å². The van der Waals surface area contributed by atoms with Crippen molar-refractivity contribution in [2.75, 3.05) is 0 Å². The zero-order valence-electron chi connectivity index (χ0n) is 12.6. The highest BCUT2D eigenvalue weighted by Crippen LogP contribution is 2.36. The summed E-state index contributed by atoms with van der Waals surface area (Å²) < 4.78 is 0. The van der Waals surface area contributed by atoms with Crippen molar-refractivity contribution in [3.05, 3.63) is 0 Å². The maximum absolute atomic E-state index is 12.8. The SMILES string of the molecule is NC(=NO)C1(C(=O)NC2CCC(O)CC2)CCCCCC1. The van der Waals surface area contributed by atoms with E-state index in [0.717, 1.165) is 51.4 Å². The molecule has 2 aliphatic carbocycles. The number of carbonyl (C=O) groups excluding carboxylic acids is 1. The number of hydrogen-bond donors (Lipinski definition) is 4. The molecule has 6 nitrogen and oxygen atoms in total. The molecule has 2 saturated carbocycles. The van der Waals surface area contributed by atoms with Gasteiger partial charge in [0.2, 0.25) is 5.91 Å². The number of nitrogens with two attached hydrogens (primary N) is 1. The summed E-state index contributed by atoms with van der Waals surface area (Å²) in [5.41, 5.74) is 5.02. The third kappa shape index (κ3) is 3.67. The highest BCUT2D eigenvalue weighted by Gasteiger charge is 2.43. The number of hydrogen-bond acceptors (Lipinski definition) is 4. The number of amides is 1. The summed E-state index contributed by atoms with van der Waals surface area (Å²) in [4.78, 5) is 12.8. The van der Waals surface area contributed by atoms with Crippen molar-refractivity contribution in [1.82, 2.24) is 5.32 Å². The summed E-state index contributed by atoms with van der Waals surface area (Å²) in [7, 11) is 0. The van der Waals surface area contributed by atoms with Gasteiger partial charge >= 0.3 is 0 Å². The van der Waals surface area contributed by atoms with Crippen LogP contribution in [0.5, 0.6) is 0 Å². The normalized spacial score (nSPS) is 30.4. The quantitative estimate of drug-likeness (QED) is 0.208. The maximum Gasteiger partial charge on any atom is 0.234 e. The van der Waals surface area contributed by atoms with Gasteiger partial charge in [0.25, 0.3) is 0 Å². The lowest BCUT2D eigenvalue weighted by molar-refractivity contribution is -0.129. The fourth-order valence-electron chi connectivity index (χ4n) is 3.57. The molecule has 120 valence electrons. The minimum absolute atomic E-state index is 0.0396. The minimum atomic E-state index is -0.860. The van der Waals surface area contributed by atoms with Crippen LogP contribution in [0.3, 0.4) is 0 Å². The second-order valence-electron chi connectivity index (χ2n) is 6.46. The van der Waals surface area contributed by atoms with E-state index in [4.69, 9.17) is 10.9 Å². The lowest BCUT2D eigenvalue weighted by Crippen LogP contribution is -2.52. The summed E-state index contributed by atoms with van der Waals surface area (Å²) in [5.74, 6) is -0.0705. The average Bonchev–Trinajstić information content (AvgIpc) is 2.75. The molecule has 2 rings (SSSR count). The molecule has 0 saturated heterocycles. The second-order valence-corrected chi connectivity index (χ2v) is 6.46. The van der Waals surface area contributed by atoms with Crippen molar-refractivity contribution < 1.29 is 15.1 Å². The van der Waals surface area contributed by atoms with E-state index in [2.05, 4.69) is 10.5 Å². The molecule has 0 aliphatic heterocycles. The Kier molecular flexibility index (Phi) is 5.45. The molecule has 0 radical (unpaired) electrons. The fraction of sp³-hybridized carbons (Fsp3) is 0.867. The van der Waals surface area contributed by atoms with E-state index in [1.165, 1.54) is 0 Å². The van der Waals surface area contributed by atoms with E-state index in [9.17, 15) is 9.90 Å². The Bertz CT molecular complexity index is 382. The topological polar surface area (TPSA) is 108 Å². The lowest BCUT2D eigenvalue weighted by atomic mass is 9.77. The molecule has 0 unspecified atom stereocenters. The molecular weight excluding hydrogens is 270 g/mol. The minimum Gasteiger partial charge on any atom is -0.409 e. The van der Waals surface area contributed by atoms with Gasteiger partial charge in [-0.2, -0.15) is 0 Å². The van der Waals surface area contributed by atoms with Crippen LogP contribution >= 0.6 is 0 Å². The van der Waals surface area contributed by atoms with Crippen LogP contribution in [-0.2, 0) is 4.79 Å². The van der Waals surface area contributed by atoms with Gasteiger partial charge in [0, 0.05) is 6.04 Å². The van der Waals surface area contributed by atoms with Crippen LogP contribution in [0.25, 0.3) is 0 Å². The third-order valence-corrected chi connectivity index (χ3v) is 5.02. The van der Waals surface area contributed by atoms with Crippen molar-refractivity contribution in [1.29, 1.82) is 0 Å². The van der Waals surface area contributed by atoms with Crippen LogP contribution in [0.15, 0.2) is 5.16 Å². The van der Waals surface area contributed by atoms with E-state index >= 15 is 0 Å². The highest BCUT2D eigenvalue weighted by atomic mass is 16.4. The van der Waals surface area contributed by atoms with Gasteiger partial charge in [-0.1, -0.05) is 30.8 Å². The first-order valence-corrected chi connectivity index (χ1v) is 8.05. The summed E-state index contributed by atoms with van der Waals surface area (Å²) >= 11 is 0. The first kappa shape index (κ1) is 16.1. The van der Waals surface area contributed by atoms with Crippen LogP contribution in [-0.4, -0.2) is 34.2 Å². The summed E-state index contributed by atoms with van der Waals surface area (Å²) in [6, 6.07) is 0.0903. The van der Waals surface area contributed by atoms with Gasteiger partial charge in [-0.05, 0) is 38.5 Å². The third-order valence-electron chi connectivity index (χ3n) is 5.02. The predicted molar refractivity (Wildman–Crippen MR) is 79.9 cm³/mol. The number of aliphatic hydroxyl groups is 1. The highest BCUT2D eigenvalue weighted by molar-refractivity contribution is 6.06. The molecule has 21 heavy (non-hydrogen) atoms. The molecule has 0 spiro atoms. The number of carbonyl (C=O) groups is 1. The van der Waals surface area contributed by atoms with Gasteiger partial charge in [0.15, 0.2) is 5.84 Å². The van der Waals surface area contributed by atoms with Crippen LogP contribution in [0, 0.1) is 5.41 Å². The van der Waals surface area contributed by atoms with Gasteiger partial charge in [-0.15, -0.1) is 0 Å². The smallest absolute Gasteiger partial charge is 0.234 e. The van der Waals surface area contributed by atoms with E-state index in [1.54, 1.807) is 0 Å². The number of nitrogens with one attached hydrogen (secondary N) is 1. The first-order chi connectivity index (χ1) is 10.1. The molecular formula is C15H27N3O3. The first-order valence-electron chi connectivity index (χ1n) is 8.05. The summed E-state index contributed by atoms with van der Waals surface area (Å²) in [6.45, 7) is 0. The van der Waals surface area contributed by atoms with Gasteiger partial charge in [0.1, 0.15) is 5.41 Å². The Hall–Kier alpha value is -1.30. The summed E-state index contributed by atoms with van der Waals surface area (Å²) in [6.07, 6.45) is 8.09. The molecule has 0 atom stereocenters. The number of aliphatic hydroxyl groups excluding tert-OH is 1. The Labute approximate surface area is 125 Å². The predicted octanol–water partition coefficient (Wildman–Crippen LogP) is 1.49. The Morgan fingerprint density at radius 1 is 1.10 bits per heavy atom. The van der Waals surface area contributed by atoms with Crippen LogP contribution in [0.2, 0.25) is 0 Å². The molecule has 0 aromatic rings. The second kappa shape index (κ2) is 7.11. The number of oxime groups is 1. The Morgan fingerprint density at radius 2 is 1.67 bits per heavy atom. The van der Waals surface area contributed by atoms with Crippen LogP contribution < -0.4 is 11.1 Å². The molecule has 0 aromatic carbocycles. The number of nitrogens with zero attached hydrogens (tertiary/aromatic N) is 1. The van der Waals surface area contributed by atoms with Crippen LogP contribution in [0.1, 0.15) is 64.2 Å². The van der Waals surface area contributed by atoms with Crippen molar-refractivity contribution in [2.24, 2.45) is 16.3 Å². The number of rotatable bonds is 3. The molecule has 0 aromatic heterocycles. The average molecular weight is 297 g/mol.